The third-order valence-corrected chi connectivity index (χ3v) is 2.78. The number of aliphatic hydroxyl groups excluding tert-OH is 1. The molecule has 1 heterocycles. The molecule has 18 heavy (non-hydrogen) atoms. The first-order valence-corrected chi connectivity index (χ1v) is 6.15. The van der Waals surface area contributed by atoms with Gasteiger partial charge < -0.3 is 20.2 Å². The van der Waals surface area contributed by atoms with E-state index in [9.17, 15) is 4.79 Å². The zero-order chi connectivity index (χ0) is 13.5. The van der Waals surface area contributed by atoms with Gasteiger partial charge in [0.15, 0.2) is 0 Å². The Morgan fingerprint density at radius 1 is 1.50 bits per heavy atom. The van der Waals surface area contributed by atoms with Gasteiger partial charge in [-0.2, -0.15) is 0 Å². The number of aromatic nitrogens is 1. The van der Waals surface area contributed by atoms with E-state index in [1.54, 1.807) is 0 Å². The van der Waals surface area contributed by atoms with Crippen LogP contribution in [-0.2, 0) is 6.54 Å². The minimum atomic E-state index is -0.274. The first-order chi connectivity index (χ1) is 8.56. The van der Waals surface area contributed by atoms with Crippen molar-refractivity contribution in [1.82, 2.24) is 15.6 Å². The molecule has 2 amide bonds. The standard InChI is InChI=1S/C12H21N3O3/c1-4-10(5-6-16)15-12(17)13-7-11-14-8(2)9(3)18-11/h10,16H,4-7H2,1-3H3,(H2,13,15,17). The van der Waals surface area contributed by atoms with E-state index in [0.717, 1.165) is 17.9 Å². The molecule has 1 aromatic heterocycles. The lowest BCUT2D eigenvalue weighted by Gasteiger charge is -2.15. The summed E-state index contributed by atoms with van der Waals surface area (Å²) in [4.78, 5) is 15.7. The van der Waals surface area contributed by atoms with Crippen molar-refractivity contribution < 1.29 is 14.3 Å². The summed E-state index contributed by atoms with van der Waals surface area (Å²) in [7, 11) is 0. The molecule has 0 aliphatic rings. The Bertz CT molecular complexity index is 370. The Hall–Kier alpha value is -1.56. The van der Waals surface area contributed by atoms with Crippen molar-refractivity contribution in [3.05, 3.63) is 17.3 Å². The largest absolute Gasteiger partial charge is 0.444 e. The molecule has 3 N–H and O–H groups in total. The van der Waals surface area contributed by atoms with Gasteiger partial charge >= 0.3 is 6.03 Å². The number of aryl methyl sites for hydroxylation is 2. The molecule has 0 aliphatic heterocycles. The lowest BCUT2D eigenvalue weighted by Crippen LogP contribution is -2.41. The van der Waals surface area contributed by atoms with Gasteiger partial charge in [-0.15, -0.1) is 0 Å². The van der Waals surface area contributed by atoms with Crippen LogP contribution >= 0.6 is 0 Å². The molecule has 1 rings (SSSR count). The molecule has 1 unspecified atom stereocenters. The third-order valence-electron chi connectivity index (χ3n) is 2.78. The van der Waals surface area contributed by atoms with Gasteiger partial charge in [-0.1, -0.05) is 6.92 Å². The van der Waals surface area contributed by atoms with Crippen LogP contribution in [0.3, 0.4) is 0 Å². The number of amides is 2. The summed E-state index contributed by atoms with van der Waals surface area (Å²) in [5, 5.41) is 14.3. The Kier molecular flexibility index (Phi) is 5.64. The SMILES string of the molecule is CCC(CCO)NC(=O)NCc1nc(C)c(C)o1. The fourth-order valence-electron chi connectivity index (χ4n) is 1.54. The molecule has 1 aromatic rings. The van der Waals surface area contributed by atoms with E-state index >= 15 is 0 Å². The Morgan fingerprint density at radius 3 is 2.72 bits per heavy atom. The van der Waals surface area contributed by atoms with Crippen LogP contribution in [0.4, 0.5) is 4.79 Å². The van der Waals surface area contributed by atoms with Gasteiger partial charge in [0.1, 0.15) is 5.76 Å². The van der Waals surface area contributed by atoms with E-state index in [0.29, 0.717) is 12.3 Å². The highest BCUT2D eigenvalue weighted by Gasteiger charge is 2.11. The molecule has 102 valence electrons. The zero-order valence-corrected chi connectivity index (χ0v) is 11.1. The molecular weight excluding hydrogens is 234 g/mol. The molecule has 0 aliphatic carbocycles. The van der Waals surface area contributed by atoms with Gasteiger partial charge in [0.25, 0.3) is 0 Å². The topological polar surface area (TPSA) is 87.4 Å². The van der Waals surface area contributed by atoms with Crippen LogP contribution in [0.25, 0.3) is 0 Å². The first-order valence-electron chi connectivity index (χ1n) is 6.15. The van der Waals surface area contributed by atoms with E-state index in [4.69, 9.17) is 9.52 Å². The van der Waals surface area contributed by atoms with Crippen LogP contribution in [0, 0.1) is 13.8 Å². The lowest BCUT2D eigenvalue weighted by molar-refractivity contribution is 0.226. The zero-order valence-electron chi connectivity index (χ0n) is 11.1. The van der Waals surface area contributed by atoms with Crippen LogP contribution in [0.2, 0.25) is 0 Å². The van der Waals surface area contributed by atoms with Crippen molar-refractivity contribution in [3.63, 3.8) is 0 Å². The van der Waals surface area contributed by atoms with Crippen LogP contribution < -0.4 is 10.6 Å². The monoisotopic (exact) mass is 255 g/mol. The van der Waals surface area contributed by atoms with Crippen molar-refractivity contribution in [1.29, 1.82) is 0 Å². The van der Waals surface area contributed by atoms with Gasteiger partial charge in [-0.05, 0) is 26.7 Å². The summed E-state index contributed by atoms with van der Waals surface area (Å²) < 4.78 is 5.35. The number of rotatable bonds is 6. The van der Waals surface area contributed by atoms with Gasteiger partial charge in [0.2, 0.25) is 5.89 Å². The molecule has 0 spiro atoms. The number of urea groups is 1. The molecule has 6 nitrogen and oxygen atoms in total. The summed E-state index contributed by atoms with van der Waals surface area (Å²) in [6, 6.07) is -0.285. The highest BCUT2D eigenvalue weighted by molar-refractivity contribution is 5.74. The predicted molar refractivity (Wildman–Crippen MR) is 67.1 cm³/mol. The van der Waals surface area contributed by atoms with Crippen molar-refractivity contribution in [2.24, 2.45) is 0 Å². The minimum absolute atomic E-state index is 0.0111. The maximum absolute atomic E-state index is 11.6. The van der Waals surface area contributed by atoms with Crippen LogP contribution in [0.1, 0.15) is 37.1 Å². The number of aliphatic hydroxyl groups is 1. The highest BCUT2D eigenvalue weighted by Crippen LogP contribution is 2.07. The average Bonchev–Trinajstić information content (AvgIpc) is 2.66. The molecule has 0 saturated carbocycles. The number of nitrogens with one attached hydrogen (secondary N) is 2. The molecule has 0 aromatic carbocycles. The summed E-state index contributed by atoms with van der Waals surface area (Å²) in [6.45, 7) is 5.98. The molecule has 0 fully saturated rings. The molecule has 0 radical (unpaired) electrons. The van der Waals surface area contributed by atoms with E-state index in [1.165, 1.54) is 0 Å². The molecule has 0 bridgehead atoms. The van der Waals surface area contributed by atoms with Crippen LogP contribution in [0.5, 0.6) is 0 Å². The predicted octanol–water partition coefficient (Wildman–Crippen LogP) is 1.25. The van der Waals surface area contributed by atoms with Gasteiger partial charge in [0, 0.05) is 12.6 Å². The molecule has 0 saturated heterocycles. The van der Waals surface area contributed by atoms with E-state index < -0.39 is 0 Å². The molecule has 6 heteroatoms. The second kappa shape index (κ2) is 7.00. The summed E-state index contributed by atoms with van der Waals surface area (Å²) in [5.41, 5.74) is 0.832. The Labute approximate surface area is 107 Å². The lowest BCUT2D eigenvalue weighted by atomic mass is 10.2. The van der Waals surface area contributed by atoms with Crippen molar-refractivity contribution in [3.8, 4) is 0 Å². The summed E-state index contributed by atoms with van der Waals surface area (Å²) in [6.07, 6.45) is 1.34. The third kappa shape index (κ3) is 4.37. The van der Waals surface area contributed by atoms with Crippen molar-refractivity contribution in [2.45, 2.75) is 46.2 Å². The second-order valence-corrected chi connectivity index (χ2v) is 4.19. The number of carbonyl (C=O) groups is 1. The quantitative estimate of drug-likeness (QED) is 0.714. The number of nitrogens with zero attached hydrogens (tertiary/aromatic N) is 1. The Morgan fingerprint density at radius 2 is 2.22 bits per heavy atom. The summed E-state index contributed by atoms with van der Waals surface area (Å²) >= 11 is 0. The van der Waals surface area contributed by atoms with Crippen molar-refractivity contribution in [2.75, 3.05) is 6.61 Å². The first kappa shape index (κ1) is 14.5. The summed E-state index contributed by atoms with van der Waals surface area (Å²) in [5.74, 6) is 1.26. The molecular formula is C12H21N3O3. The molecule has 1 atom stereocenters. The number of carbonyl (C=O) groups excluding carboxylic acids is 1. The maximum atomic E-state index is 11.6. The smallest absolute Gasteiger partial charge is 0.315 e. The van der Waals surface area contributed by atoms with E-state index in [-0.39, 0.29) is 25.2 Å². The van der Waals surface area contributed by atoms with Crippen molar-refractivity contribution >= 4 is 6.03 Å². The van der Waals surface area contributed by atoms with Gasteiger partial charge in [-0.25, -0.2) is 9.78 Å². The van der Waals surface area contributed by atoms with E-state index in [1.807, 2.05) is 20.8 Å². The van der Waals surface area contributed by atoms with Gasteiger partial charge in [0.05, 0.1) is 12.2 Å². The fourth-order valence-corrected chi connectivity index (χ4v) is 1.54. The maximum Gasteiger partial charge on any atom is 0.315 e. The average molecular weight is 255 g/mol. The number of oxazole rings is 1. The second-order valence-electron chi connectivity index (χ2n) is 4.19. The fraction of sp³-hybridized carbons (Fsp3) is 0.667. The normalized spacial score (nSPS) is 12.2. The van der Waals surface area contributed by atoms with Gasteiger partial charge in [-0.3, -0.25) is 0 Å². The number of hydrogen-bond donors (Lipinski definition) is 3. The minimum Gasteiger partial charge on any atom is -0.444 e. The Balaban J connectivity index is 2.36. The van der Waals surface area contributed by atoms with E-state index in [2.05, 4.69) is 15.6 Å². The van der Waals surface area contributed by atoms with Crippen LogP contribution in [0.15, 0.2) is 4.42 Å². The highest BCUT2D eigenvalue weighted by atomic mass is 16.4. The number of hydrogen-bond acceptors (Lipinski definition) is 4. The van der Waals surface area contributed by atoms with Crippen LogP contribution in [-0.4, -0.2) is 28.8 Å².